The molecule has 1 aliphatic rings. The second-order valence-corrected chi connectivity index (χ2v) is 6.90. The van der Waals surface area contributed by atoms with Crippen LogP contribution in [-0.4, -0.2) is 31.4 Å². The summed E-state index contributed by atoms with van der Waals surface area (Å²) in [5.74, 6) is 0.758. The van der Waals surface area contributed by atoms with Crippen molar-refractivity contribution in [2.45, 2.75) is 19.5 Å². The van der Waals surface area contributed by atoms with E-state index in [-0.39, 0.29) is 0 Å². The zero-order valence-electron chi connectivity index (χ0n) is 14.9. The quantitative estimate of drug-likeness (QED) is 0.563. The number of hydrogen-bond donors (Lipinski definition) is 0. The van der Waals surface area contributed by atoms with Gasteiger partial charge in [-0.3, -0.25) is 14.9 Å². The van der Waals surface area contributed by atoms with Crippen LogP contribution >= 0.6 is 0 Å². The third-order valence-corrected chi connectivity index (χ3v) is 4.99. The van der Waals surface area contributed by atoms with E-state index in [0.717, 1.165) is 48.7 Å². The Balaban J connectivity index is 1.34. The van der Waals surface area contributed by atoms with Crippen molar-refractivity contribution in [1.29, 1.82) is 0 Å². The number of rotatable bonds is 3. The average Bonchev–Trinajstić information content (AvgIpc) is 2.74. The van der Waals surface area contributed by atoms with Crippen molar-refractivity contribution in [1.82, 2.24) is 24.8 Å². The summed E-state index contributed by atoms with van der Waals surface area (Å²) < 4.78 is 0. The largest absolute Gasteiger partial charge is 0.294 e. The molecule has 5 nitrogen and oxygen atoms in total. The van der Waals surface area contributed by atoms with Crippen LogP contribution in [0.1, 0.15) is 16.8 Å². The lowest BCUT2D eigenvalue weighted by atomic mass is 10.1. The summed E-state index contributed by atoms with van der Waals surface area (Å²) in [6.45, 7) is 2.75. The van der Waals surface area contributed by atoms with Crippen LogP contribution < -0.4 is 0 Å². The highest BCUT2D eigenvalue weighted by Crippen LogP contribution is 2.22. The molecule has 0 saturated heterocycles. The molecule has 132 valence electrons. The zero-order chi connectivity index (χ0) is 18.1. The average molecular weight is 353 g/mol. The van der Waals surface area contributed by atoms with Crippen LogP contribution in [0.15, 0.2) is 67.3 Å². The molecule has 4 aromatic rings. The van der Waals surface area contributed by atoms with Crippen molar-refractivity contribution in [2.24, 2.45) is 0 Å². The van der Waals surface area contributed by atoms with Crippen LogP contribution in [0.5, 0.6) is 0 Å². The fraction of sp³-hybridized carbons (Fsp3) is 0.182. The van der Waals surface area contributed by atoms with Crippen molar-refractivity contribution in [3.05, 3.63) is 84.1 Å². The predicted octanol–water partition coefficient (Wildman–Crippen LogP) is 3.65. The van der Waals surface area contributed by atoms with E-state index in [1.165, 1.54) is 16.5 Å². The van der Waals surface area contributed by atoms with Crippen LogP contribution in [-0.2, 0) is 19.5 Å². The predicted molar refractivity (Wildman–Crippen MR) is 105 cm³/mol. The molecule has 0 radical (unpaired) electrons. The van der Waals surface area contributed by atoms with E-state index in [0.29, 0.717) is 0 Å². The summed E-state index contributed by atoms with van der Waals surface area (Å²) >= 11 is 0. The molecule has 0 spiro atoms. The van der Waals surface area contributed by atoms with E-state index in [4.69, 9.17) is 4.98 Å². The molecule has 4 heterocycles. The first-order chi connectivity index (χ1) is 13.3. The number of nitrogens with zero attached hydrogens (tertiary/aromatic N) is 5. The summed E-state index contributed by atoms with van der Waals surface area (Å²) in [7, 11) is 0. The fourth-order valence-corrected chi connectivity index (χ4v) is 3.60. The number of hydrogen-bond acceptors (Lipinski definition) is 5. The number of para-hydroxylation sites is 1. The van der Waals surface area contributed by atoms with E-state index in [1.54, 1.807) is 6.20 Å². The van der Waals surface area contributed by atoms with E-state index in [9.17, 15) is 0 Å². The second kappa shape index (κ2) is 6.85. The van der Waals surface area contributed by atoms with Gasteiger partial charge >= 0.3 is 0 Å². The molecule has 1 aliphatic heterocycles. The summed E-state index contributed by atoms with van der Waals surface area (Å²) in [5.41, 5.74) is 5.61. The molecule has 0 aliphatic carbocycles. The molecule has 5 rings (SSSR count). The van der Waals surface area contributed by atoms with Crippen molar-refractivity contribution in [3.8, 4) is 11.4 Å². The first-order valence-electron chi connectivity index (χ1n) is 9.16. The van der Waals surface area contributed by atoms with Crippen LogP contribution in [0, 0.1) is 0 Å². The Morgan fingerprint density at radius 3 is 2.85 bits per heavy atom. The summed E-state index contributed by atoms with van der Waals surface area (Å²) in [6, 6.07) is 14.4. The lowest BCUT2D eigenvalue weighted by molar-refractivity contribution is 0.243. The topological polar surface area (TPSA) is 54.8 Å². The highest BCUT2D eigenvalue weighted by Gasteiger charge is 2.19. The minimum atomic E-state index is 0.758. The monoisotopic (exact) mass is 353 g/mol. The number of pyridine rings is 2. The lowest BCUT2D eigenvalue weighted by Gasteiger charge is -2.28. The Labute approximate surface area is 157 Å². The lowest BCUT2D eigenvalue weighted by Crippen LogP contribution is -2.31. The molecule has 5 heteroatoms. The molecule has 0 amide bonds. The zero-order valence-corrected chi connectivity index (χ0v) is 14.9. The van der Waals surface area contributed by atoms with Gasteiger partial charge < -0.3 is 0 Å². The van der Waals surface area contributed by atoms with Gasteiger partial charge in [0.05, 0.1) is 11.2 Å². The maximum Gasteiger partial charge on any atom is 0.160 e. The van der Waals surface area contributed by atoms with Crippen molar-refractivity contribution >= 4 is 10.9 Å². The Morgan fingerprint density at radius 2 is 1.93 bits per heavy atom. The van der Waals surface area contributed by atoms with Gasteiger partial charge in [0.25, 0.3) is 0 Å². The van der Waals surface area contributed by atoms with Gasteiger partial charge in [-0.05, 0) is 29.8 Å². The maximum absolute atomic E-state index is 4.78. The molecule has 0 unspecified atom stereocenters. The van der Waals surface area contributed by atoms with Crippen LogP contribution in [0.4, 0.5) is 0 Å². The van der Waals surface area contributed by atoms with Gasteiger partial charge in [0, 0.05) is 67.4 Å². The Morgan fingerprint density at radius 1 is 0.963 bits per heavy atom. The molecule has 0 N–H and O–H groups in total. The fourth-order valence-electron chi connectivity index (χ4n) is 3.60. The van der Waals surface area contributed by atoms with Crippen LogP contribution in [0.2, 0.25) is 0 Å². The van der Waals surface area contributed by atoms with Crippen LogP contribution in [0.3, 0.4) is 0 Å². The molecule has 27 heavy (non-hydrogen) atoms. The molecule has 1 aromatic carbocycles. The molecule has 0 bridgehead atoms. The maximum atomic E-state index is 4.78. The van der Waals surface area contributed by atoms with Gasteiger partial charge in [-0.15, -0.1) is 0 Å². The van der Waals surface area contributed by atoms with Gasteiger partial charge in [0.1, 0.15) is 0 Å². The highest BCUT2D eigenvalue weighted by atomic mass is 15.1. The minimum absolute atomic E-state index is 0.758. The SMILES string of the molecule is c1cncc(-c2ncc3c(n2)CCN(Cc2cnc4ccccc4c2)C3)c1. The molecule has 0 fully saturated rings. The van der Waals surface area contributed by atoms with E-state index >= 15 is 0 Å². The first kappa shape index (κ1) is 16.0. The first-order valence-corrected chi connectivity index (χ1v) is 9.16. The van der Waals surface area contributed by atoms with E-state index in [1.807, 2.05) is 42.9 Å². The van der Waals surface area contributed by atoms with Gasteiger partial charge in [0.15, 0.2) is 5.82 Å². The normalized spacial score (nSPS) is 14.2. The van der Waals surface area contributed by atoms with Crippen molar-refractivity contribution in [2.75, 3.05) is 6.54 Å². The van der Waals surface area contributed by atoms with Crippen LogP contribution in [0.25, 0.3) is 22.3 Å². The van der Waals surface area contributed by atoms with Crippen molar-refractivity contribution < 1.29 is 0 Å². The number of fused-ring (bicyclic) bond motifs is 2. The molecule has 0 atom stereocenters. The third-order valence-electron chi connectivity index (χ3n) is 4.99. The highest BCUT2D eigenvalue weighted by molar-refractivity contribution is 5.78. The third kappa shape index (κ3) is 3.29. The Bertz CT molecular complexity index is 1090. The smallest absolute Gasteiger partial charge is 0.160 e. The van der Waals surface area contributed by atoms with Crippen molar-refractivity contribution in [3.63, 3.8) is 0 Å². The molecular weight excluding hydrogens is 334 g/mol. The Hall–Kier alpha value is -3.18. The minimum Gasteiger partial charge on any atom is -0.294 e. The molecule has 3 aromatic heterocycles. The molecule has 0 saturated carbocycles. The number of aromatic nitrogens is 4. The van der Waals surface area contributed by atoms with E-state index < -0.39 is 0 Å². The second-order valence-electron chi connectivity index (χ2n) is 6.90. The summed E-state index contributed by atoms with van der Waals surface area (Å²) in [4.78, 5) is 20.5. The van der Waals surface area contributed by atoms with Gasteiger partial charge in [-0.1, -0.05) is 18.2 Å². The van der Waals surface area contributed by atoms with Gasteiger partial charge in [-0.25, -0.2) is 9.97 Å². The Kier molecular flexibility index (Phi) is 4.07. The number of benzene rings is 1. The molecular formula is C22H19N5. The van der Waals surface area contributed by atoms with E-state index in [2.05, 4.69) is 38.1 Å². The summed E-state index contributed by atoms with van der Waals surface area (Å²) in [6.07, 6.45) is 8.46. The van der Waals surface area contributed by atoms with Gasteiger partial charge in [-0.2, -0.15) is 0 Å². The van der Waals surface area contributed by atoms with Gasteiger partial charge in [0.2, 0.25) is 0 Å². The summed E-state index contributed by atoms with van der Waals surface area (Å²) in [5, 5.41) is 1.19. The standard InChI is InChI=1S/C22H19N5/c1-2-6-20-17(4-1)10-16(11-24-20)14-27-9-7-21-19(15-27)13-25-22(26-21)18-5-3-8-23-12-18/h1-6,8,10-13H,7,9,14-15H2.